The molecule has 1 heterocycles. The molecule has 5 nitrogen and oxygen atoms in total. The molecule has 0 bridgehead atoms. The molecular weight excluding hydrogens is 358 g/mol. The first-order valence-electron chi connectivity index (χ1n) is 7.83. The number of carbonyl (C=O) groups is 1. The number of hydrogen-bond donors (Lipinski definition) is 1. The maximum absolute atomic E-state index is 13.7. The minimum absolute atomic E-state index is 0.189. The van der Waals surface area contributed by atoms with Gasteiger partial charge in [0.2, 0.25) is 5.91 Å². The highest BCUT2D eigenvalue weighted by molar-refractivity contribution is 8.00. The zero-order chi connectivity index (χ0) is 18.7. The van der Waals surface area contributed by atoms with Crippen molar-refractivity contribution in [1.29, 1.82) is 0 Å². The lowest BCUT2D eigenvalue weighted by Gasteiger charge is -2.12. The van der Waals surface area contributed by atoms with E-state index in [1.54, 1.807) is 11.5 Å². The van der Waals surface area contributed by atoms with E-state index < -0.39 is 22.8 Å². The van der Waals surface area contributed by atoms with Crippen molar-refractivity contribution in [2.75, 3.05) is 5.32 Å². The third-order valence-electron chi connectivity index (χ3n) is 3.70. The zero-order valence-electron chi connectivity index (χ0n) is 14.1. The molecule has 1 N–H and O–H groups in total. The Morgan fingerprint density at radius 3 is 2.62 bits per heavy atom. The second-order valence-corrected chi connectivity index (χ2v) is 6.91. The van der Waals surface area contributed by atoms with Crippen LogP contribution in [0.1, 0.15) is 6.92 Å². The van der Waals surface area contributed by atoms with Crippen LogP contribution in [0.3, 0.4) is 0 Å². The fourth-order valence-corrected chi connectivity index (χ4v) is 3.11. The summed E-state index contributed by atoms with van der Waals surface area (Å²) in [5, 5.41) is 10.6. The molecule has 0 aliphatic rings. The summed E-state index contributed by atoms with van der Waals surface area (Å²) in [4.78, 5) is 12.3. The Morgan fingerprint density at radius 1 is 1.15 bits per heavy atom. The highest BCUT2D eigenvalue weighted by Crippen LogP contribution is 2.26. The Balaban J connectivity index is 1.72. The summed E-state index contributed by atoms with van der Waals surface area (Å²) in [5.74, 6) is -1.09. The summed E-state index contributed by atoms with van der Waals surface area (Å²) in [6.07, 6.45) is 0. The molecule has 0 saturated carbocycles. The van der Waals surface area contributed by atoms with Gasteiger partial charge in [-0.25, -0.2) is 8.78 Å². The lowest BCUT2D eigenvalue weighted by Crippen LogP contribution is -2.23. The quantitative estimate of drug-likeness (QED) is 0.689. The molecule has 3 aromatic rings. The maximum Gasteiger partial charge on any atom is 0.237 e. The molecule has 0 fully saturated rings. The lowest BCUT2D eigenvalue weighted by molar-refractivity contribution is -0.115. The SMILES string of the molecule is C[C@@H](Sc1nnc(-c2ccccc2)n1C)C(=O)Nc1cc(F)ccc1F. The van der Waals surface area contributed by atoms with Crippen LogP contribution in [0.15, 0.2) is 53.7 Å². The van der Waals surface area contributed by atoms with E-state index in [9.17, 15) is 13.6 Å². The molecule has 26 heavy (non-hydrogen) atoms. The number of carbonyl (C=O) groups excluding carboxylic acids is 1. The molecule has 1 atom stereocenters. The van der Waals surface area contributed by atoms with Gasteiger partial charge in [0.25, 0.3) is 0 Å². The van der Waals surface area contributed by atoms with Crippen molar-refractivity contribution < 1.29 is 13.6 Å². The van der Waals surface area contributed by atoms with E-state index in [1.807, 2.05) is 37.4 Å². The summed E-state index contributed by atoms with van der Waals surface area (Å²) in [7, 11) is 1.81. The number of nitrogens with zero attached hydrogens (tertiary/aromatic N) is 3. The number of benzene rings is 2. The normalized spacial score (nSPS) is 12.0. The van der Waals surface area contributed by atoms with Crippen LogP contribution < -0.4 is 5.32 Å². The number of rotatable bonds is 5. The average molecular weight is 374 g/mol. The van der Waals surface area contributed by atoms with E-state index in [0.29, 0.717) is 11.0 Å². The van der Waals surface area contributed by atoms with Crippen LogP contribution in [-0.2, 0) is 11.8 Å². The maximum atomic E-state index is 13.7. The molecule has 0 aliphatic heterocycles. The van der Waals surface area contributed by atoms with Crippen LogP contribution in [0.25, 0.3) is 11.4 Å². The van der Waals surface area contributed by atoms with Gasteiger partial charge >= 0.3 is 0 Å². The Hall–Kier alpha value is -2.74. The number of halogens is 2. The first kappa shape index (κ1) is 18.1. The van der Waals surface area contributed by atoms with Gasteiger partial charge in [0.1, 0.15) is 11.6 Å². The zero-order valence-corrected chi connectivity index (χ0v) is 14.9. The average Bonchev–Trinajstić information content (AvgIpc) is 2.99. The van der Waals surface area contributed by atoms with Crippen LogP contribution in [0.4, 0.5) is 14.5 Å². The smallest absolute Gasteiger partial charge is 0.237 e. The van der Waals surface area contributed by atoms with Gasteiger partial charge in [-0.15, -0.1) is 10.2 Å². The molecule has 1 aromatic heterocycles. The fraction of sp³-hybridized carbons (Fsp3) is 0.167. The van der Waals surface area contributed by atoms with Crippen molar-refractivity contribution in [3.63, 3.8) is 0 Å². The van der Waals surface area contributed by atoms with Crippen molar-refractivity contribution in [3.05, 3.63) is 60.2 Å². The third-order valence-corrected chi connectivity index (χ3v) is 4.84. The summed E-state index contributed by atoms with van der Waals surface area (Å²) >= 11 is 1.18. The number of amides is 1. The van der Waals surface area contributed by atoms with Gasteiger partial charge in [-0.3, -0.25) is 4.79 Å². The van der Waals surface area contributed by atoms with E-state index in [1.165, 1.54) is 11.8 Å². The van der Waals surface area contributed by atoms with E-state index in [-0.39, 0.29) is 5.69 Å². The van der Waals surface area contributed by atoms with E-state index in [0.717, 1.165) is 23.8 Å². The topological polar surface area (TPSA) is 59.8 Å². The van der Waals surface area contributed by atoms with Crippen molar-refractivity contribution in [3.8, 4) is 11.4 Å². The van der Waals surface area contributed by atoms with Crippen molar-refractivity contribution >= 4 is 23.4 Å². The van der Waals surface area contributed by atoms with E-state index in [2.05, 4.69) is 15.5 Å². The summed E-state index contributed by atoms with van der Waals surface area (Å²) in [6, 6.07) is 12.5. The van der Waals surface area contributed by atoms with Crippen LogP contribution in [0.2, 0.25) is 0 Å². The van der Waals surface area contributed by atoms with Gasteiger partial charge < -0.3 is 9.88 Å². The van der Waals surface area contributed by atoms with Crippen LogP contribution >= 0.6 is 11.8 Å². The molecular formula is C18H16F2N4OS. The van der Waals surface area contributed by atoms with Crippen LogP contribution in [0.5, 0.6) is 0 Å². The second kappa shape index (κ2) is 7.65. The standard InChI is InChI=1S/C18H16F2N4OS/c1-11(17(25)21-15-10-13(19)8-9-14(15)20)26-18-23-22-16(24(18)2)12-6-4-3-5-7-12/h3-11H,1-2H3,(H,21,25)/t11-/m1/s1. The third kappa shape index (κ3) is 3.91. The van der Waals surface area contributed by atoms with Gasteiger partial charge in [0, 0.05) is 18.7 Å². The number of nitrogens with one attached hydrogen (secondary N) is 1. The highest BCUT2D eigenvalue weighted by atomic mass is 32.2. The van der Waals surface area contributed by atoms with Gasteiger partial charge in [-0.1, -0.05) is 42.1 Å². The van der Waals surface area contributed by atoms with E-state index in [4.69, 9.17) is 0 Å². The second-order valence-electron chi connectivity index (χ2n) is 5.60. The molecule has 1 amide bonds. The minimum atomic E-state index is -0.693. The number of thioether (sulfide) groups is 1. The molecule has 0 unspecified atom stereocenters. The molecule has 0 spiro atoms. The van der Waals surface area contributed by atoms with Crippen molar-refractivity contribution in [2.45, 2.75) is 17.3 Å². The monoisotopic (exact) mass is 374 g/mol. The van der Waals surface area contributed by atoms with Gasteiger partial charge in [-0.05, 0) is 19.1 Å². The number of hydrogen-bond acceptors (Lipinski definition) is 4. The molecule has 0 aliphatic carbocycles. The fourth-order valence-electron chi connectivity index (χ4n) is 2.30. The highest BCUT2D eigenvalue weighted by Gasteiger charge is 2.20. The molecule has 0 radical (unpaired) electrons. The largest absolute Gasteiger partial charge is 0.323 e. The first-order valence-corrected chi connectivity index (χ1v) is 8.71. The first-order chi connectivity index (χ1) is 12.5. The molecule has 8 heteroatoms. The van der Waals surface area contributed by atoms with Crippen molar-refractivity contribution in [1.82, 2.24) is 14.8 Å². The Kier molecular flexibility index (Phi) is 5.32. The predicted octanol–water partition coefficient (Wildman–Crippen LogP) is 3.88. The summed E-state index contributed by atoms with van der Waals surface area (Å²) < 4.78 is 28.7. The number of aromatic nitrogens is 3. The lowest BCUT2D eigenvalue weighted by atomic mass is 10.2. The molecule has 2 aromatic carbocycles. The van der Waals surface area contributed by atoms with Crippen LogP contribution in [0, 0.1) is 11.6 Å². The van der Waals surface area contributed by atoms with Gasteiger partial charge in [-0.2, -0.15) is 0 Å². The van der Waals surface area contributed by atoms with Crippen LogP contribution in [-0.4, -0.2) is 25.9 Å². The molecule has 134 valence electrons. The van der Waals surface area contributed by atoms with Gasteiger partial charge in [0.05, 0.1) is 10.9 Å². The Bertz CT molecular complexity index is 930. The summed E-state index contributed by atoms with van der Waals surface area (Å²) in [6.45, 7) is 1.66. The predicted molar refractivity (Wildman–Crippen MR) is 96.7 cm³/mol. The molecule has 0 saturated heterocycles. The molecule has 3 rings (SSSR count). The Morgan fingerprint density at radius 2 is 1.88 bits per heavy atom. The Labute approximate surface area is 153 Å². The van der Waals surface area contributed by atoms with E-state index >= 15 is 0 Å². The minimum Gasteiger partial charge on any atom is -0.323 e. The van der Waals surface area contributed by atoms with Gasteiger partial charge in [0.15, 0.2) is 11.0 Å². The summed E-state index contributed by atoms with van der Waals surface area (Å²) in [5.41, 5.74) is 0.721. The van der Waals surface area contributed by atoms with Crippen molar-refractivity contribution in [2.24, 2.45) is 7.05 Å². The number of anilines is 1.